The summed E-state index contributed by atoms with van der Waals surface area (Å²) in [6.45, 7) is 0. The second kappa shape index (κ2) is 5.72. The van der Waals surface area contributed by atoms with Crippen LogP contribution >= 0.6 is 15.9 Å². The van der Waals surface area contributed by atoms with Crippen molar-refractivity contribution >= 4 is 21.9 Å². The fraction of sp³-hybridized carbons (Fsp3) is 0.0909. The summed E-state index contributed by atoms with van der Waals surface area (Å²) in [5.74, 6) is -1.94. The first-order chi connectivity index (χ1) is 9.74. The number of nitrogen functional groups attached to an aromatic ring is 1. The zero-order valence-corrected chi connectivity index (χ0v) is 11.6. The number of benzene rings is 1. The highest BCUT2D eigenvalue weighted by Crippen LogP contribution is 2.34. The summed E-state index contributed by atoms with van der Waals surface area (Å²) in [5, 5.41) is 0. The molecule has 2 rings (SSSR count). The van der Waals surface area contributed by atoms with E-state index in [-0.39, 0.29) is 16.2 Å². The quantitative estimate of drug-likeness (QED) is 0.838. The Morgan fingerprint density at radius 3 is 2.57 bits per heavy atom. The van der Waals surface area contributed by atoms with Crippen LogP contribution in [0.2, 0.25) is 0 Å². The molecule has 2 N–H and O–H groups in total. The van der Waals surface area contributed by atoms with Gasteiger partial charge in [0.15, 0.2) is 0 Å². The monoisotopic (exact) mass is 367 g/mol. The fourth-order valence-corrected chi connectivity index (χ4v) is 1.74. The van der Waals surface area contributed by atoms with Gasteiger partial charge in [-0.15, -0.1) is 13.2 Å². The number of anilines is 1. The molecule has 1 heterocycles. The molecule has 0 saturated carbocycles. The Hall–Kier alpha value is -2.10. The Balaban J connectivity index is 2.22. The molecule has 0 aliphatic carbocycles. The van der Waals surface area contributed by atoms with E-state index in [1.807, 2.05) is 0 Å². The van der Waals surface area contributed by atoms with Crippen LogP contribution in [0.15, 0.2) is 28.9 Å². The maximum atomic E-state index is 13.4. The maximum Gasteiger partial charge on any atom is 0.573 e. The molecule has 0 unspecified atom stereocenters. The lowest BCUT2D eigenvalue weighted by molar-refractivity contribution is -0.274. The third kappa shape index (κ3) is 4.18. The van der Waals surface area contributed by atoms with Crippen molar-refractivity contribution in [3.63, 3.8) is 0 Å². The molecule has 2 aromatic rings. The van der Waals surface area contributed by atoms with Gasteiger partial charge >= 0.3 is 6.36 Å². The molecule has 21 heavy (non-hydrogen) atoms. The molecule has 0 saturated heterocycles. The van der Waals surface area contributed by atoms with E-state index in [1.54, 1.807) is 0 Å². The van der Waals surface area contributed by atoms with E-state index in [0.29, 0.717) is 0 Å². The molecule has 0 amide bonds. The van der Waals surface area contributed by atoms with Crippen molar-refractivity contribution in [1.29, 1.82) is 0 Å². The van der Waals surface area contributed by atoms with Crippen LogP contribution in [0.3, 0.4) is 0 Å². The highest BCUT2D eigenvalue weighted by molar-refractivity contribution is 9.10. The normalized spacial score (nSPS) is 11.3. The smallest absolute Gasteiger partial charge is 0.436 e. The van der Waals surface area contributed by atoms with Crippen LogP contribution < -0.4 is 15.2 Å². The van der Waals surface area contributed by atoms with Gasteiger partial charge in [-0.2, -0.15) is 9.37 Å². The van der Waals surface area contributed by atoms with Crippen LogP contribution in [0.25, 0.3) is 0 Å². The van der Waals surface area contributed by atoms with E-state index in [9.17, 15) is 17.6 Å². The van der Waals surface area contributed by atoms with E-state index in [2.05, 4.69) is 30.6 Å². The minimum absolute atomic E-state index is 0.0280. The van der Waals surface area contributed by atoms with Crippen LogP contribution in [0.5, 0.6) is 17.4 Å². The van der Waals surface area contributed by atoms with Crippen molar-refractivity contribution in [2.45, 2.75) is 6.36 Å². The largest absolute Gasteiger partial charge is 0.573 e. The number of halogens is 5. The number of alkyl halides is 3. The molecule has 1 aromatic carbocycles. The average Bonchev–Trinajstić information content (AvgIpc) is 2.36. The average molecular weight is 368 g/mol. The predicted molar refractivity (Wildman–Crippen MR) is 67.3 cm³/mol. The van der Waals surface area contributed by atoms with Crippen molar-refractivity contribution in [3.05, 3.63) is 34.7 Å². The van der Waals surface area contributed by atoms with Gasteiger partial charge in [-0.05, 0) is 34.1 Å². The molecule has 0 aliphatic rings. The lowest BCUT2D eigenvalue weighted by Crippen LogP contribution is -2.17. The number of rotatable bonds is 3. The van der Waals surface area contributed by atoms with Gasteiger partial charge in [0.2, 0.25) is 11.8 Å². The minimum Gasteiger partial charge on any atom is -0.436 e. The van der Waals surface area contributed by atoms with Gasteiger partial charge in [0.25, 0.3) is 5.88 Å². The molecular formula is C11H6BrF4N3O2. The third-order valence-electron chi connectivity index (χ3n) is 2.07. The molecule has 0 spiro atoms. The zero-order chi connectivity index (χ0) is 15.6. The first-order valence-corrected chi connectivity index (χ1v) is 6.05. The summed E-state index contributed by atoms with van der Waals surface area (Å²) in [7, 11) is 0. The molecule has 0 atom stereocenters. The highest BCUT2D eigenvalue weighted by atomic mass is 79.9. The molecule has 5 nitrogen and oxygen atoms in total. The predicted octanol–water partition coefficient (Wildman–Crippen LogP) is 3.65. The summed E-state index contributed by atoms with van der Waals surface area (Å²) in [5.41, 5.74) is 5.28. The van der Waals surface area contributed by atoms with Crippen LogP contribution in [0, 0.1) is 5.82 Å². The van der Waals surface area contributed by atoms with Gasteiger partial charge in [-0.1, -0.05) is 0 Å². The van der Waals surface area contributed by atoms with Crippen molar-refractivity contribution in [3.8, 4) is 17.4 Å². The van der Waals surface area contributed by atoms with Gasteiger partial charge in [0.05, 0.1) is 10.7 Å². The van der Waals surface area contributed by atoms with Crippen molar-refractivity contribution in [2.24, 2.45) is 0 Å². The lowest BCUT2D eigenvalue weighted by Gasteiger charge is -2.12. The zero-order valence-electron chi connectivity index (χ0n) is 9.99. The van der Waals surface area contributed by atoms with Crippen molar-refractivity contribution < 1.29 is 27.0 Å². The van der Waals surface area contributed by atoms with Gasteiger partial charge in [0.1, 0.15) is 11.5 Å². The van der Waals surface area contributed by atoms with Crippen LogP contribution in [0.1, 0.15) is 0 Å². The molecule has 0 radical (unpaired) electrons. The summed E-state index contributed by atoms with van der Waals surface area (Å²) in [6, 6.07) is 3.33. The standard InChI is InChI=1S/C11H6BrF4N3O2/c12-6-3-5(1-2-8(6)21-11(14,15)16)20-9-7(13)4-18-10(17)19-9/h1-4H,(H2,17,18,19). The summed E-state index contributed by atoms with van der Waals surface area (Å²) in [4.78, 5) is 6.93. The van der Waals surface area contributed by atoms with Crippen LogP contribution in [-0.4, -0.2) is 16.3 Å². The van der Waals surface area contributed by atoms with E-state index >= 15 is 0 Å². The number of nitrogens with two attached hydrogens (primary N) is 1. The minimum atomic E-state index is -4.82. The Bertz CT molecular complexity index is 666. The van der Waals surface area contributed by atoms with Gasteiger partial charge in [-0.25, -0.2) is 4.98 Å². The second-order valence-corrected chi connectivity index (χ2v) is 4.48. The third-order valence-corrected chi connectivity index (χ3v) is 2.69. The van der Waals surface area contributed by atoms with Gasteiger partial charge < -0.3 is 15.2 Å². The van der Waals surface area contributed by atoms with E-state index < -0.39 is 23.8 Å². The Morgan fingerprint density at radius 1 is 1.24 bits per heavy atom. The van der Waals surface area contributed by atoms with Crippen molar-refractivity contribution in [2.75, 3.05) is 5.73 Å². The van der Waals surface area contributed by atoms with Gasteiger partial charge in [-0.3, -0.25) is 0 Å². The second-order valence-electron chi connectivity index (χ2n) is 3.62. The Labute approximate surface area is 123 Å². The molecular weight excluding hydrogens is 362 g/mol. The molecule has 1 aromatic heterocycles. The van der Waals surface area contributed by atoms with Crippen LogP contribution in [0.4, 0.5) is 23.5 Å². The van der Waals surface area contributed by atoms with E-state index in [1.165, 1.54) is 6.07 Å². The molecule has 0 fully saturated rings. The first kappa shape index (κ1) is 15.3. The summed E-state index contributed by atoms with van der Waals surface area (Å²) in [6.07, 6.45) is -4.01. The topological polar surface area (TPSA) is 70.3 Å². The van der Waals surface area contributed by atoms with Gasteiger partial charge in [0, 0.05) is 0 Å². The highest BCUT2D eigenvalue weighted by Gasteiger charge is 2.32. The molecule has 10 heteroatoms. The number of ether oxygens (including phenoxy) is 2. The first-order valence-electron chi connectivity index (χ1n) is 5.26. The van der Waals surface area contributed by atoms with E-state index in [4.69, 9.17) is 10.5 Å². The van der Waals surface area contributed by atoms with Crippen LogP contribution in [-0.2, 0) is 0 Å². The number of hydrogen-bond donors (Lipinski definition) is 1. The molecule has 112 valence electrons. The Kier molecular flexibility index (Phi) is 4.16. The maximum absolute atomic E-state index is 13.4. The Morgan fingerprint density at radius 2 is 1.95 bits per heavy atom. The van der Waals surface area contributed by atoms with E-state index in [0.717, 1.165) is 18.3 Å². The van der Waals surface area contributed by atoms with Crippen molar-refractivity contribution in [1.82, 2.24) is 9.97 Å². The lowest BCUT2D eigenvalue weighted by atomic mass is 10.3. The number of aromatic nitrogens is 2. The SMILES string of the molecule is Nc1ncc(F)c(Oc2ccc(OC(F)(F)F)c(Br)c2)n1. The molecule has 0 bridgehead atoms. The fourth-order valence-electron chi connectivity index (χ4n) is 1.30. The number of nitrogens with zero attached hydrogens (tertiary/aromatic N) is 2. The summed E-state index contributed by atoms with van der Waals surface area (Å²) < 4.78 is 58.5. The summed E-state index contributed by atoms with van der Waals surface area (Å²) >= 11 is 2.89. The number of hydrogen-bond acceptors (Lipinski definition) is 5. The molecule has 0 aliphatic heterocycles.